The zero-order valence-corrected chi connectivity index (χ0v) is 12.4. The molecule has 0 spiro atoms. The summed E-state index contributed by atoms with van der Waals surface area (Å²) in [6.45, 7) is 0.224. The lowest BCUT2D eigenvalue weighted by molar-refractivity contribution is -0.142. The van der Waals surface area contributed by atoms with Gasteiger partial charge in [0.05, 0.1) is 18.1 Å². The van der Waals surface area contributed by atoms with Gasteiger partial charge < -0.3 is 15.2 Å². The summed E-state index contributed by atoms with van der Waals surface area (Å²) in [5.41, 5.74) is 0.398. The number of methoxy groups -OCH3 is 1. The van der Waals surface area contributed by atoms with E-state index in [4.69, 9.17) is 16.3 Å². The van der Waals surface area contributed by atoms with E-state index in [1.807, 2.05) is 12.2 Å². The predicted octanol–water partition coefficient (Wildman–Crippen LogP) is 3.00. The fraction of sp³-hybridized carbons (Fsp3) is 0.400. The van der Waals surface area contributed by atoms with E-state index in [1.165, 1.54) is 19.2 Å². The van der Waals surface area contributed by atoms with E-state index in [0.29, 0.717) is 24.2 Å². The number of halogens is 2. The number of ether oxygens (including phenoxy) is 1. The van der Waals surface area contributed by atoms with Gasteiger partial charge in [0.15, 0.2) is 0 Å². The monoisotopic (exact) mass is 313 g/mol. The van der Waals surface area contributed by atoms with Crippen LogP contribution in [0.2, 0.25) is 5.02 Å². The van der Waals surface area contributed by atoms with E-state index in [2.05, 4.69) is 5.32 Å². The summed E-state index contributed by atoms with van der Waals surface area (Å²) in [5, 5.41) is 12.5. The molecule has 2 atom stereocenters. The van der Waals surface area contributed by atoms with Gasteiger partial charge in [-0.05, 0) is 25.0 Å². The van der Waals surface area contributed by atoms with Crippen LogP contribution in [0.25, 0.3) is 0 Å². The molecule has 1 aliphatic rings. The second-order valence-corrected chi connectivity index (χ2v) is 5.36. The third-order valence-electron chi connectivity index (χ3n) is 3.63. The van der Waals surface area contributed by atoms with E-state index < -0.39 is 17.7 Å². The van der Waals surface area contributed by atoms with Crippen molar-refractivity contribution in [1.29, 1.82) is 0 Å². The number of allylic oxidation sites excluding steroid dienone is 1. The molecule has 21 heavy (non-hydrogen) atoms. The molecule has 0 bridgehead atoms. The van der Waals surface area contributed by atoms with Crippen LogP contribution in [0.3, 0.4) is 0 Å². The topological polar surface area (TPSA) is 58.6 Å². The molecule has 1 aromatic carbocycles. The Morgan fingerprint density at radius 1 is 1.48 bits per heavy atom. The minimum atomic E-state index is -0.842. The molecule has 2 rings (SSSR count). The molecule has 0 radical (unpaired) electrons. The Morgan fingerprint density at radius 3 is 2.86 bits per heavy atom. The third-order valence-corrected chi connectivity index (χ3v) is 3.92. The van der Waals surface area contributed by atoms with Crippen LogP contribution in [-0.2, 0) is 11.3 Å². The Balaban J connectivity index is 2.08. The van der Waals surface area contributed by atoms with Crippen molar-refractivity contribution in [1.82, 2.24) is 5.32 Å². The lowest BCUT2D eigenvalue weighted by Crippen LogP contribution is -2.40. The summed E-state index contributed by atoms with van der Waals surface area (Å²) < 4.78 is 18.9. The summed E-state index contributed by atoms with van der Waals surface area (Å²) in [6, 6.07) is 2.51. The minimum absolute atomic E-state index is 0.211. The molecular formula is C15H17ClFNO3. The number of nitrogens with one attached hydrogen (secondary N) is 1. The quantitative estimate of drug-likeness (QED) is 0.821. The van der Waals surface area contributed by atoms with Gasteiger partial charge in [-0.1, -0.05) is 23.8 Å². The summed E-state index contributed by atoms with van der Waals surface area (Å²) >= 11 is 5.84. The van der Waals surface area contributed by atoms with Crippen LogP contribution in [0.4, 0.5) is 4.39 Å². The van der Waals surface area contributed by atoms with Gasteiger partial charge in [0.25, 0.3) is 0 Å². The first kappa shape index (κ1) is 15.8. The molecule has 0 fully saturated rings. The average molecular weight is 314 g/mol. The first-order chi connectivity index (χ1) is 10.0. The van der Waals surface area contributed by atoms with Gasteiger partial charge in [0, 0.05) is 18.2 Å². The molecule has 6 heteroatoms. The lowest BCUT2D eigenvalue weighted by atomic mass is 9.89. The maximum absolute atomic E-state index is 13.9. The van der Waals surface area contributed by atoms with Crippen molar-refractivity contribution in [2.24, 2.45) is 5.92 Å². The number of aliphatic carboxylic acids is 1. The summed E-state index contributed by atoms with van der Waals surface area (Å²) in [6.07, 6.45) is 4.90. The van der Waals surface area contributed by atoms with Crippen LogP contribution in [0.15, 0.2) is 24.3 Å². The largest absolute Gasteiger partial charge is 0.495 e. The standard InChI is InChI=1S/C15H17ClFNO3/c1-21-14-6-9(12(17)7-11(14)16)8-18-13-5-3-2-4-10(13)15(19)20/h2-3,6-7,10,13,18H,4-5,8H2,1H3,(H,19,20)/t10-,13+/m0/s1. The number of carboxylic acids is 1. The fourth-order valence-electron chi connectivity index (χ4n) is 2.42. The fourth-order valence-corrected chi connectivity index (χ4v) is 2.64. The highest BCUT2D eigenvalue weighted by atomic mass is 35.5. The Labute approximate surface area is 127 Å². The van der Waals surface area contributed by atoms with Crippen LogP contribution < -0.4 is 10.1 Å². The smallest absolute Gasteiger partial charge is 0.308 e. The number of carbonyl (C=O) groups is 1. The second-order valence-electron chi connectivity index (χ2n) is 4.95. The van der Waals surface area contributed by atoms with Gasteiger partial charge in [-0.15, -0.1) is 0 Å². The van der Waals surface area contributed by atoms with E-state index in [-0.39, 0.29) is 17.6 Å². The van der Waals surface area contributed by atoms with Crippen LogP contribution in [-0.4, -0.2) is 24.2 Å². The van der Waals surface area contributed by atoms with Crippen LogP contribution in [0, 0.1) is 11.7 Å². The molecule has 1 aliphatic carbocycles. The number of hydrogen-bond donors (Lipinski definition) is 2. The Kier molecular flexibility index (Phi) is 5.20. The number of hydrogen-bond acceptors (Lipinski definition) is 3. The van der Waals surface area contributed by atoms with Crippen LogP contribution in [0.5, 0.6) is 5.75 Å². The van der Waals surface area contributed by atoms with Crippen LogP contribution >= 0.6 is 11.6 Å². The molecule has 0 saturated heterocycles. The molecule has 1 aromatic rings. The number of benzene rings is 1. The van der Waals surface area contributed by atoms with Crippen molar-refractivity contribution in [2.75, 3.05) is 7.11 Å². The van der Waals surface area contributed by atoms with Gasteiger partial charge in [-0.25, -0.2) is 4.39 Å². The average Bonchev–Trinajstić information content (AvgIpc) is 2.46. The van der Waals surface area contributed by atoms with Crippen molar-refractivity contribution in [3.8, 4) is 5.75 Å². The molecule has 0 amide bonds. The molecular weight excluding hydrogens is 297 g/mol. The van der Waals surface area contributed by atoms with E-state index in [1.54, 1.807) is 0 Å². The Morgan fingerprint density at radius 2 is 2.19 bits per heavy atom. The predicted molar refractivity (Wildman–Crippen MR) is 78.1 cm³/mol. The van der Waals surface area contributed by atoms with Gasteiger partial charge in [-0.2, -0.15) is 0 Å². The highest BCUT2D eigenvalue weighted by molar-refractivity contribution is 6.32. The summed E-state index contributed by atoms with van der Waals surface area (Å²) in [5.74, 6) is -1.38. The molecule has 0 unspecified atom stereocenters. The SMILES string of the molecule is COc1cc(CN[C@@H]2CC=CC[C@@H]2C(=O)O)c(F)cc1Cl. The van der Waals surface area contributed by atoms with E-state index in [9.17, 15) is 14.3 Å². The van der Waals surface area contributed by atoms with Crippen molar-refractivity contribution < 1.29 is 19.0 Å². The number of carboxylic acid groups (broad SMARTS) is 1. The molecule has 4 nitrogen and oxygen atoms in total. The zero-order valence-electron chi connectivity index (χ0n) is 11.6. The second kappa shape index (κ2) is 6.91. The maximum atomic E-state index is 13.9. The summed E-state index contributed by atoms with van der Waals surface area (Å²) in [7, 11) is 1.46. The summed E-state index contributed by atoms with van der Waals surface area (Å²) in [4.78, 5) is 11.2. The molecule has 114 valence electrons. The first-order valence-electron chi connectivity index (χ1n) is 6.66. The highest BCUT2D eigenvalue weighted by Crippen LogP contribution is 2.28. The third kappa shape index (κ3) is 3.74. The molecule has 0 heterocycles. The van der Waals surface area contributed by atoms with Gasteiger partial charge in [0.1, 0.15) is 11.6 Å². The van der Waals surface area contributed by atoms with Gasteiger partial charge >= 0.3 is 5.97 Å². The highest BCUT2D eigenvalue weighted by Gasteiger charge is 2.28. The van der Waals surface area contributed by atoms with Crippen molar-refractivity contribution in [3.63, 3.8) is 0 Å². The van der Waals surface area contributed by atoms with Crippen molar-refractivity contribution >= 4 is 17.6 Å². The van der Waals surface area contributed by atoms with Crippen LogP contribution in [0.1, 0.15) is 18.4 Å². The van der Waals surface area contributed by atoms with E-state index >= 15 is 0 Å². The number of rotatable bonds is 5. The van der Waals surface area contributed by atoms with Gasteiger partial charge in [0.2, 0.25) is 0 Å². The molecule has 0 aliphatic heterocycles. The zero-order chi connectivity index (χ0) is 15.4. The van der Waals surface area contributed by atoms with E-state index in [0.717, 1.165) is 0 Å². The maximum Gasteiger partial charge on any atom is 0.308 e. The molecule has 0 saturated carbocycles. The normalized spacial score (nSPS) is 21.3. The molecule has 2 N–H and O–H groups in total. The van der Waals surface area contributed by atoms with Gasteiger partial charge in [-0.3, -0.25) is 4.79 Å². The molecule has 0 aromatic heterocycles. The Hall–Kier alpha value is -1.59. The van der Waals surface area contributed by atoms with Crippen molar-refractivity contribution in [2.45, 2.75) is 25.4 Å². The lowest BCUT2D eigenvalue weighted by Gasteiger charge is -2.26. The first-order valence-corrected chi connectivity index (χ1v) is 7.03. The van der Waals surface area contributed by atoms with Crippen molar-refractivity contribution in [3.05, 3.63) is 40.7 Å². The minimum Gasteiger partial charge on any atom is -0.495 e. The Bertz CT molecular complexity index is 562.